The van der Waals surface area contributed by atoms with Crippen molar-refractivity contribution in [2.75, 3.05) is 6.26 Å². The molecule has 0 aliphatic heterocycles. The van der Waals surface area contributed by atoms with E-state index in [1.807, 2.05) is 24.5 Å². The molecular weight excluding hydrogens is 206 g/mol. The summed E-state index contributed by atoms with van der Waals surface area (Å²) < 4.78 is 0. The van der Waals surface area contributed by atoms with Crippen LogP contribution in [0, 0.1) is 0 Å². The minimum Gasteiger partial charge on any atom is -0.211 e. The summed E-state index contributed by atoms with van der Waals surface area (Å²) in [5, 5.41) is 0.636. The number of isocyanates is 1. The first-order valence-corrected chi connectivity index (χ1v) is 5.24. The minimum absolute atomic E-state index is 0.302. The summed E-state index contributed by atoms with van der Waals surface area (Å²) in [5.41, 5.74) is 0.858. The molecule has 0 amide bonds. The second kappa shape index (κ2) is 5.07. The Balaban J connectivity index is 2.96. The molecule has 2 nitrogen and oxygen atoms in total. The topological polar surface area (TPSA) is 29.4 Å². The summed E-state index contributed by atoms with van der Waals surface area (Å²) in [7, 11) is 0. The number of hydrogen-bond acceptors (Lipinski definition) is 3. The third-order valence-electron chi connectivity index (χ3n) is 1.57. The van der Waals surface area contributed by atoms with E-state index in [4.69, 9.17) is 11.6 Å². The molecule has 0 unspecified atom stereocenters. The lowest BCUT2D eigenvalue weighted by molar-refractivity contribution is 0.563. The van der Waals surface area contributed by atoms with E-state index in [0.29, 0.717) is 11.6 Å². The van der Waals surface area contributed by atoms with Gasteiger partial charge in [0.2, 0.25) is 6.08 Å². The van der Waals surface area contributed by atoms with E-state index in [-0.39, 0.29) is 0 Å². The highest BCUT2D eigenvalue weighted by molar-refractivity contribution is 7.98. The van der Waals surface area contributed by atoms with Gasteiger partial charge < -0.3 is 0 Å². The molecular formula is C9H8ClNOS. The monoisotopic (exact) mass is 213 g/mol. The SMILES string of the molecule is CSc1ccc(Cl)c(CN=C=O)c1. The van der Waals surface area contributed by atoms with E-state index in [9.17, 15) is 4.79 Å². The number of aliphatic imine (C=N–C) groups is 1. The van der Waals surface area contributed by atoms with Gasteiger partial charge in [-0.25, -0.2) is 9.79 Å². The Hall–Kier alpha value is -0.760. The van der Waals surface area contributed by atoms with Crippen molar-refractivity contribution in [2.45, 2.75) is 11.4 Å². The average molecular weight is 214 g/mol. The molecule has 0 radical (unpaired) electrons. The van der Waals surface area contributed by atoms with Gasteiger partial charge in [0.15, 0.2) is 0 Å². The fourth-order valence-electron chi connectivity index (χ4n) is 0.917. The van der Waals surface area contributed by atoms with Crippen molar-refractivity contribution in [3.05, 3.63) is 28.8 Å². The largest absolute Gasteiger partial charge is 0.235 e. The lowest BCUT2D eigenvalue weighted by Crippen LogP contribution is -1.83. The van der Waals surface area contributed by atoms with Crippen molar-refractivity contribution in [1.29, 1.82) is 0 Å². The Morgan fingerprint density at radius 1 is 1.62 bits per heavy atom. The molecule has 4 heteroatoms. The van der Waals surface area contributed by atoms with Gasteiger partial charge in [-0.1, -0.05) is 11.6 Å². The van der Waals surface area contributed by atoms with Crippen LogP contribution in [0.2, 0.25) is 5.02 Å². The van der Waals surface area contributed by atoms with Gasteiger partial charge in [-0.2, -0.15) is 0 Å². The van der Waals surface area contributed by atoms with Gasteiger partial charge in [0, 0.05) is 9.92 Å². The molecule has 13 heavy (non-hydrogen) atoms. The second-order valence-electron chi connectivity index (χ2n) is 2.36. The predicted molar refractivity (Wildman–Crippen MR) is 55.1 cm³/mol. The van der Waals surface area contributed by atoms with Crippen LogP contribution in [0.4, 0.5) is 0 Å². The Bertz CT molecular complexity index is 347. The van der Waals surface area contributed by atoms with Gasteiger partial charge in [0.1, 0.15) is 0 Å². The first kappa shape index (κ1) is 10.3. The molecule has 0 aliphatic rings. The van der Waals surface area contributed by atoms with Crippen LogP contribution in [-0.4, -0.2) is 12.3 Å². The van der Waals surface area contributed by atoms with Crippen molar-refractivity contribution in [3.8, 4) is 0 Å². The molecule has 0 aromatic heterocycles. The van der Waals surface area contributed by atoms with E-state index >= 15 is 0 Å². The maximum absolute atomic E-state index is 9.90. The first-order chi connectivity index (χ1) is 6.27. The molecule has 0 saturated heterocycles. The fraction of sp³-hybridized carbons (Fsp3) is 0.222. The number of rotatable bonds is 3. The molecule has 1 aromatic rings. The molecule has 0 atom stereocenters. The molecule has 0 spiro atoms. The predicted octanol–water partition coefficient (Wildman–Crippen LogP) is 2.90. The quantitative estimate of drug-likeness (QED) is 0.439. The Morgan fingerprint density at radius 2 is 2.38 bits per heavy atom. The molecule has 1 rings (SSSR count). The van der Waals surface area contributed by atoms with E-state index in [1.54, 1.807) is 11.8 Å². The van der Waals surface area contributed by atoms with E-state index in [0.717, 1.165) is 10.5 Å². The highest BCUT2D eigenvalue weighted by Gasteiger charge is 2.00. The lowest BCUT2D eigenvalue weighted by atomic mass is 10.2. The zero-order valence-electron chi connectivity index (χ0n) is 7.08. The van der Waals surface area contributed by atoms with Gasteiger partial charge in [0.25, 0.3) is 0 Å². The van der Waals surface area contributed by atoms with Crippen LogP contribution in [0.15, 0.2) is 28.1 Å². The van der Waals surface area contributed by atoms with Gasteiger partial charge in [-0.15, -0.1) is 11.8 Å². The van der Waals surface area contributed by atoms with Crippen molar-refractivity contribution in [2.24, 2.45) is 4.99 Å². The molecule has 1 aromatic carbocycles. The first-order valence-electron chi connectivity index (χ1n) is 3.64. The fourth-order valence-corrected chi connectivity index (χ4v) is 1.56. The van der Waals surface area contributed by atoms with Crippen LogP contribution < -0.4 is 0 Å². The van der Waals surface area contributed by atoms with Gasteiger partial charge in [-0.3, -0.25) is 0 Å². The van der Waals surface area contributed by atoms with Crippen LogP contribution >= 0.6 is 23.4 Å². The normalized spacial score (nSPS) is 9.38. The van der Waals surface area contributed by atoms with Crippen molar-refractivity contribution in [1.82, 2.24) is 0 Å². The molecule has 0 saturated carbocycles. The molecule has 0 fully saturated rings. The smallest absolute Gasteiger partial charge is 0.211 e. The summed E-state index contributed by atoms with van der Waals surface area (Å²) in [4.78, 5) is 14.5. The zero-order chi connectivity index (χ0) is 9.68. The van der Waals surface area contributed by atoms with Crippen molar-refractivity contribution in [3.63, 3.8) is 0 Å². The van der Waals surface area contributed by atoms with E-state index < -0.39 is 0 Å². The van der Waals surface area contributed by atoms with Crippen LogP contribution in [-0.2, 0) is 11.3 Å². The highest BCUT2D eigenvalue weighted by atomic mass is 35.5. The number of halogens is 1. The van der Waals surface area contributed by atoms with Crippen LogP contribution in [0.5, 0.6) is 0 Å². The summed E-state index contributed by atoms with van der Waals surface area (Å²) >= 11 is 7.52. The standard InChI is InChI=1S/C9H8ClNOS/c1-13-8-2-3-9(10)7(4-8)5-11-6-12/h2-4H,5H2,1H3. The Morgan fingerprint density at radius 3 is 3.00 bits per heavy atom. The van der Waals surface area contributed by atoms with Crippen molar-refractivity contribution >= 4 is 29.4 Å². The van der Waals surface area contributed by atoms with E-state index in [2.05, 4.69) is 4.99 Å². The van der Waals surface area contributed by atoms with E-state index in [1.165, 1.54) is 6.08 Å². The maximum atomic E-state index is 9.90. The van der Waals surface area contributed by atoms with Crippen LogP contribution in [0.25, 0.3) is 0 Å². The summed E-state index contributed by atoms with van der Waals surface area (Å²) in [6.07, 6.45) is 3.47. The van der Waals surface area contributed by atoms with Gasteiger partial charge in [0.05, 0.1) is 6.54 Å². The summed E-state index contributed by atoms with van der Waals surface area (Å²) in [6.45, 7) is 0.302. The highest BCUT2D eigenvalue weighted by Crippen LogP contribution is 2.23. The Labute approximate surface area is 86.0 Å². The molecule has 68 valence electrons. The number of nitrogens with zero attached hydrogens (tertiary/aromatic N) is 1. The van der Waals surface area contributed by atoms with Crippen LogP contribution in [0.1, 0.15) is 5.56 Å². The third-order valence-corrected chi connectivity index (χ3v) is 2.66. The number of thioether (sulfide) groups is 1. The molecule has 0 bridgehead atoms. The lowest BCUT2D eigenvalue weighted by Gasteiger charge is -2.01. The number of benzene rings is 1. The molecule has 0 heterocycles. The summed E-state index contributed by atoms with van der Waals surface area (Å²) in [5.74, 6) is 0. The number of carbonyl (C=O) groups excluding carboxylic acids is 1. The zero-order valence-corrected chi connectivity index (χ0v) is 8.65. The van der Waals surface area contributed by atoms with Crippen molar-refractivity contribution < 1.29 is 4.79 Å². The average Bonchev–Trinajstić information content (AvgIpc) is 2.17. The summed E-state index contributed by atoms with van der Waals surface area (Å²) in [6, 6.07) is 5.66. The van der Waals surface area contributed by atoms with Crippen LogP contribution in [0.3, 0.4) is 0 Å². The van der Waals surface area contributed by atoms with Gasteiger partial charge >= 0.3 is 0 Å². The third kappa shape index (κ3) is 2.88. The second-order valence-corrected chi connectivity index (χ2v) is 3.65. The van der Waals surface area contributed by atoms with Gasteiger partial charge in [-0.05, 0) is 30.0 Å². The molecule has 0 aliphatic carbocycles. The number of hydrogen-bond donors (Lipinski definition) is 0. The Kier molecular flexibility index (Phi) is 4.03. The molecule has 0 N–H and O–H groups in total. The maximum Gasteiger partial charge on any atom is 0.235 e. The minimum atomic E-state index is 0.302.